The molecule has 1 nitrogen and oxygen atoms in total. The summed E-state index contributed by atoms with van der Waals surface area (Å²) in [6.45, 7) is 9.87. The summed E-state index contributed by atoms with van der Waals surface area (Å²) in [5.41, 5.74) is 2.03. The van der Waals surface area contributed by atoms with Gasteiger partial charge in [0.2, 0.25) is 0 Å². The monoisotopic (exact) mass is 372 g/mol. The van der Waals surface area contributed by atoms with E-state index in [9.17, 15) is 5.11 Å². The predicted molar refractivity (Wildman–Crippen MR) is 114 cm³/mol. The maximum Gasteiger partial charge on any atom is 0.0577 e. The van der Waals surface area contributed by atoms with Crippen molar-refractivity contribution < 1.29 is 5.11 Å². The SMILES string of the molecule is CC(C)CCC[C@@H](C)[C@H]1CC[C@@H]2[C@@H]1CCC1[C@H]2CC=C2C[C@@H](O)CC[C@@]21C. The fraction of sp³-hybridized carbons (Fsp3) is 0.923. The van der Waals surface area contributed by atoms with Gasteiger partial charge in [-0.15, -0.1) is 0 Å². The van der Waals surface area contributed by atoms with E-state index in [2.05, 4.69) is 33.8 Å². The van der Waals surface area contributed by atoms with Gasteiger partial charge in [0.25, 0.3) is 0 Å². The molecule has 3 saturated carbocycles. The zero-order valence-corrected chi connectivity index (χ0v) is 18.4. The third kappa shape index (κ3) is 3.67. The maximum atomic E-state index is 10.2. The minimum absolute atomic E-state index is 0.0697. The van der Waals surface area contributed by atoms with Gasteiger partial charge in [0.15, 0.2) is 0 Å². The van der Waals surface area contributed by atoms with Gasteiger partial charge in [-0.2, -0.15) is 0 Å². The molecule has 4 aliphatic rings. The molecule has 3 fully saturated rings. The number of rotatable bonds is 5. The zero-order valence-electron chi connectivity index (χ0n) is 18.4. The van der Waals surface area contributed by atoms with E-state index in [0.29, 0.717) is 5.41 Å². The summed E-state index contributed by atoms with van der Waals surface area (Å²) in [4.78, 5) is 0. The third-order valence-electron chi connectivity index (χ3n) is 9.62. The molecule has 0 bridgehead atoms. The lowest BCUT2D eigenvalue weighted by Crippen LogP contribution is -2.47. The molecule has 0 aromatic rings. The van der Waals surface area contributed by atoms with Crippen molar-refractivity contribution in [1.29, 1.82) is 0 Å². The lowest BCUT2D eigenvalue weighted by Gasteiger charge is -2.55. The first kappa shape index (κ1) is 20.0. The van der Waals surface area contributed by atoms with Crippen LogP contribution in [0.25, 0.3) is 0 Å². The first-order valence-corrected chi connectivity index (χ1v) is 12.3. The van der Waals surface area contributed by atoms with E-state index in [0.717, 1.165) is 54.3 Å². The Morgan fingerprint density at radius 2 is 1.78 bits per heavy atom. The van der Waals surface area contributed by atoms with E-state index in [-0.39, 0.29) is 6.10 Å². The first-order chi connectivity index (χ1) is 12.9. The van der Waals surface area contributed by atoms with Crippen LogP contribution in [0, 0.1) is 46.8 Å². The molecule has 0 aliphatic heterocycles. The summed E-state index contributed by atoms with van der Waals surface area (Å²) < 4.78 is 0. The molecule has 0 amide bonds. The Morgan fingerprint density at radius 3 is 2.56 bits per heavy atom. The molecule has 27 heavy (non-hydrogen) atoms. The van der Waals surface area contributed by atoms with Crippen LogP contribution in [0.2, 0.25) is 0 Å². The topological polar surface area (TPSA) is 20.2 Å². The Hall–Kier alpha value is -0.300. The minimum Gasteiger partial charge on any atom is -0.393 e. The van der Waals surface area contributed by atoms with E-state index in [1.807, 2.05) is 0 Å². The summed E-state index contributed by atoms with van der Waals surface area (Å²) in [5, 5.41) is 10.2. The van der Waals surface area contributed by atoms with E-state index in [4.69, 9.17) is 0 Å². The molecule has 0 aromatic carbocycles. The Labute approximate surface area is 168 Å². The van der Waals surface area contributed by atoms with Crippen molar-refractivity contribution in [3.63, 3.8) is 0 Å². The largest absolute Gasteiger partial charge is 0.393 e. The molecule has 4 aliphatic carbocycles. The Balaban J connectivity index is 1.43. The number of aliphatic hydroxyl groups is 1. The second kappa shape index (κ2) is 7.85. The van der Waals surface area contributed by atoms with Crippen molar-refractivity contribution in [1.82, 2.24) is 0 Å². The number of fused-ring (bicyclic) bond motifs is 5. The lowest BCUT2D eigenvalue weighted by molar-refractivity contribution is -0.0152. The summed E-state index contributed by atoms with van der Waals surface area (Å²) in [5.74, 6) is 6.68. The highest BCUT2D eigenvalue weighted by Crippen LogP contribution is 2.62. The second-order valence-corrected chi connectivity index (χ2v) is 11.5. The molecule has 1 unspecified atom stereocenters. The van der Waals surface area contributed by atoms with Crippen molar-refractivity contribution >= 4 is 0 Å². The molecule has 0 heterocycles. The Kier molecular flexibility index (Phi) is 5.81. The molecule has 8 atom stereocenters. The summed E-state index contributed by atoms with van der Waals surface area (Å²) in [6.07, 6.45) is 17.3. The van der Waals surface area contributed by atoms with Gasteiger partial charge in [-0.3, -0.25) is 0 Å². The van der Waals surface area contributed by atoms with E-state index in [1.165, 1.54) is 57.8 Å². The van der Waals surface area contributed by atoms with Crippen LogP contribution in [0.3, 0.4) is 0 Å². The average Bonchev–Trinajstić information content (AvgIpc) is 3.06. The van der Waals surface area contributed by atoms with Crippen LogP contribution in [0.15, 0.2) is 11.6 Å². The van der Waals surface area contributed by atoms with E-state index in [1.54, 1.807) is 5.57 Å². The van der Waals surface area contributed by atoms with Crippen molar-refractivity contribution in [2.45, 2.75) is 104 Å². The van der Waals surface area contributed by atoms with Gasteiger partial charge in [-0.25, -0.2) is 0 Å². The van der Waals surface area contributed by atoms with Crippen LogP contribution in [0.5, 0.6) is 0 Å². The molecule has 154 valence electrons. The van der Waals surface area contributed by atoms with Gasteiger partial charge in [-0.1, -0.05) is 58.6 Å². The highest BCUT2D eigenvalue weighted by atomic mass is 16.3. The fourth-order valence-electron chi connectivity index (χ4n) is 8.11. The second-order valence-electron chi connectivity index (χ2n) is 11.5. The van der Waals surface area contributed by atoms with Gasteiger partial charge < -0.3 is 5.11 Å². The summed E-state index contributed by atoms with van der Waals surface area (Å²) >= 11 is 0. The standard InChI is InChI=1S/C26H44O/c1-17(2)6-5-7-18(3)21-10-11-23-22(21)12-13-25-24(23)9-8-19-16-20(27)14-15-26(19,25)4/h8,17-18,20-25,27H,5-7,9-16H2,1-4H3/t18-,20+,21-,22-,23-,24+,25?,26+/m1/s1. The molecule has 0 saturated heterocycles. The van der Waals surface area contributed by atoms with Crippen molar-refractivity contribution in [3.05, 3.63) is 11.6 Å². The van der Waals surface area contributed by atoms with E-state index < -0.39 is 0 Å². The average molecular weight is 373 g/mol. The Bertz CT molecular complexity index is 548. The van der Waals surface area contributed by atoms with E-state index >= 15 is 0 Å². The van der Waals surface area contributed by atoms with Gasteiger partial charge >= 0.3 is 0 Å². The van der Waals surface area contributed by atoms with Crippen LogP contribution in [0.4, 0.5) is 0 Å². The third-order valence-corrected chi connectivity index (χ3v) is 9.62. The van der Waals surface area contributed by atoms with Gasteiger partial charge in [-0.05, 0) is 98.2 Å². The van der Waals surface area contributed by atoms with Crippen LogP contribution in [-0.4, -0.2) is 11.2 Å². The maximum absolute atomic E-state index is 10.2. The fourth-order valence-corrected chi connectivity index (χ4v) is 8.11. The highest BCUT2D eigenvalue weighted by Gasteiger charge is 2.54. The zero-order chi connectivity index (χ0) is 19.2. The molecule has 0 radical (unpaired) electrons. The minimum atomic E-state index is -0.0697. The normalized spacial score (nSPS) is 45.0. The number of allylic oxidation sites excluding steroid dienone is 1. The van der Waals surface area contributed by atoms with Gasteiger partial charge in [0, 0.05) is 0 Å². The molecular formula is C26H44O. The molecule has 4 rings (SSSR count). The van der Waals surface area contributed by atoms with Crippen molar-refractivity contribution in [2.24, 2.45) is 46.8 Å². The molecule has 0 aromatic heterocycles. The van der Waals surface area contributed by atoms with Gasteiger partial charge in [0.1, 0.15) is 0 Å². The summed E-state index contributed by atoms with van der Waals surface area (Å²) in [7, 11) is 0. The van der Waals surface area contributed by atoms with Crippen molar-refractivity contribution in [3.8, 4) is 0 Å². The van der Waals surface area contributed by atoms with Crippen LogP contribution < -0.4 is 0 Å². The first-order valence-electron chi connectivity index (χ1n) is 12.3. The lowest BCUT2D eigenvalue weighted by atomic mass is 9.50. The summed E-state index contributed by atoms with van der Waals surface area (Å²) in [6, 6.07) is 0. The van der Waals surface area contributed by atoms with Crippen LogP contribution in [-0.2, 0) is 0 Å². The quantitative estimate of drug-likeness (QED) is 0.515. The predicted octanol–water partition coefficient (Wildman–Crippen LogP) is 7.00. The molecule has 0 spiro atoms. The Morgan fingerprint density at radius 1 is 1.00 bits per heavy atom. The highest BCUT2D eigenvalue weighted by molar-refractivity contribution is 5.24. The molecule has 1 heteroatoms. The number of hydrogen-bond acceptors (Lipinski definition) is 1. The van der Waals surface area contributed by atoms with Crippen LogP contribution >= 0.6 is 0 Å². The van der Waals surface area contributed by atoms with Crippen molar-refractivity contribution in [2.75, 3.05) is 0 Å². The smallest absolute Gasteiger partial charge is 0.0577 e. The number of hydrogen-bond donors (Lipinski definition) is 1. The molecular weight excluding hydrogens is 328 g/mol. The van der Waals surface area contributed by atoms with Gasteiger partial charge in [0.05, 0.1) is 6.10 Å². The van der Waals surface area contributed by atoms with Crippen LogP contribution in [0.1, 0.15) is 98.3 Å². The molecule has 1 N–H and O–H groups in total. The number of aliphatic hydroxyl groups excluding tert-OH is 1.